The first-order valence-electron chi connectivity index (χ1n) is 6.26. The summed E-state index contributed by atoms with van der Waals surface area (Å²) in [5.41, 5.74) is 1.71. The molecule has 102 valence electrons. The first kappa shape index (κ1) is 12.7. The molecule has 1 aromatic heterocycles. The molecule has 0 N–H and O–H groups in total. The molecule has 0 unspecified atom stereocenters. The van der Waals surface area contributed by atoms with Gasteiger partial charge in [-0.3, -0.25) is 0 Å². The highest BCUT2D eigenvalue weighted by molar-refractivity contribution is 5.76. The van der Waals surface area contributed by atoms with Crippen LogP contribution < -0.4 is 4.74 Å². The van der Waals surface area contributed by atoms with Gasteiger partial charge >= 0.3 is 0 Å². The van der Waals surface area contributed by atoms with E-state index in [1.54, 1.807) is 24.5 Å². The van der Waals surface area contributed by atoms with Gasteiger partial charge in [-0.25, -0.2) is 8.78 Å². The minimum atomic E-state index is -0.228. The lowest BCUT2D eigenvalue weighted by Crippen LogP contribution is -1.85. The van der Waals surface area contributed by atoms with E-state index < -0.39 is 0 Å². The van der Waals surface area contributed by atoms with E-state index in [0.717, 1.165) is 28.7 Å². The Morgan fingerprint density at radius 1 is 0.900 bits per heavy atom. The van der Waals surface area contributed by atoms with Crippen LogP contribution in [0.25, 0.3) is 11.0 Å². The maximum Gasteiger partial charge on any atom is 0.134 e. The molecule has 0 spiro atoms. The minimum Gasteiger partial charge on any atom is -0.493 e. The number of furan rings is 1. The molecule has 3 aromatic rings. The normalized spacial score (nSPS) is 12.5. The number of halogens is 2. The van der Waals surface area contributed by atoms with Crippen LogP contribution in [0.1, 0.15) is 5.56 Å². The Morgan fingerprint density at radius 2 is 1.70 bits per heavy atom. The molecule has 0 radical (unpaired) electrons. The molecule has 20 heavy (non-hydrogen) atoms. The zero-order valence-electron chi connectivity index (χ0n) is 10.6. The van der Waals surface area contributed by atoms with Crippen molar-refractivity contribution in [3.8, 4) is 5.75 Å². The van der Waals surface area contributed by atoms with E-state index in [4.69, 9.17) is 9.15 Å². The molecule has 0 amide bonds. The largest absolute Gasteiger partial charge is 0.493 e. The first-order chi connectivity index (χ1) is 9.72. The van der Waals surface area contributed by atoms with Gasteiger partial charge in [-0.05, 0) is 42.5 Å². The van der Waals surface area contributed by atoms with Gasteiger partial charge in [0.15, 0.2) is 0 Å². The van der Waals surface area contributed by atoms with E-state index in [9.17, 15) is 8.78 Å². The van der Waals surface area contributed by atoms with E-state index in [1.807, 2.05) is 0 Å². The molecule has 2 aromatic carbocycles. The SMILES string of the molecule is Fc1ccc2c(c1)CCO2.Fc1ccc2occc2c1. The third kappa shape index (κ3) is 2.64. The molecule has 4 rings (SSSR count). The summed E-state index contributed by atoms with van der Waals surface area (Å²) < 4.78 is 35.2. The number of ether oxygens (including phenoxy) is 1. The summed E-state index contributed by atoms with van der Waals surface area (Å²) in [6.45, 7) is 0.693. The minimum absolute atomic E-state index is 0.177. The van der Waals surface area contributed by atoms with Gasteiger partial charge in [-0.2, -0.15) is 0 Å². The number of fused-ring (bicyclic) bond motifs is 2. The van der Waals surface area contributed by atoms with Crippen molar-refractivity contribution in [2.24, 2.45) is 0 Å². The van der Waals surface area contributed by atoms with E-state index in [1.165, 1.54) is 24.3 Å². The summed E-state index contributed by atoms with van der Waals surface area (Å²) >= 11 is 0. The average Bonchev–Trinajstić information content (AvgIpc) is 3.06. The topological polar surface area (TPSA) is 22.4 Å². The molecule has 0 atom stereocenters. The number of benzene rings is 2. The van der Waals surface area contributed by atoms with Crippen LogP contribution in [0.3, 0.4) is 0 Å². The van der Waals surface area contributed by atoms with Gasteiger partial charge in [0.1, 0.15) is 23.0 Å². The molecule has 1 aliphatic rings. The van der Waals surface area contributed by atoms with Crippen molar-refractivity contribution in [3.05, 3.63) is 65.9 Å². The maximum absolute atomic E-state index is 12.5. The van der Waals surface area contributed by atoms with Gasteiger partial charge in [0, 0.05) is 17.4 Å². The van der Waals surface area contributed by atoms with Crippen LogP contribution >= 0.6 is 0 Å². The van der Waals surface area contributed by atoms with E-state index in [0.29, 0.717) is 6.61 Å². The molecule has 0 bridgehead atoms. The fourth-order valence-electron chi connectivity index (χ4n) is 2.09. The van der Waals surface area contributed by atoms with Crippen molar-refractivity contribution in [3.63, 3.8) is 0 Å². The predicted molar refractivity (Wildman–Crippen MR) is 71.8 cm³/mol. The monoisotopic (exact) mass is 274 g/mol. The summed E-state index contributed by atoms with van der Waals surface area (Å²) in [6, 6.07) is 10.8. The third-order valence-corrected chi connectivity index (χ3v) is 3.07. The van der Waals surface area contributed by atoms with Crippen molar-refractivity contribution in [2.45, 2.75) is 6.42 Å². The molecule has 4 heteroatoms. The second-order valence-electron chi connectivity index (χ2n) is 4.45. The lowest BCUT2D eigenvalue weighted by Gasteiger charge is -1.95. The molecular weight excluding hydrogens is 262 g/mol. The quantitative estimate of drug-likeness (QED) is 0.608. The first-order valence-corrected chi connectivity index (χ1v) is 6.26. The van der Waals surface area contributed by atoms with Crippen LogP contribution in [0, 0.1) is 11.6 Å². The van der Waals surface area contributed by atoms with Gasteiger partial charge in [-0.1, -0.05) is 0 Å². The zero-order chi connectivity index (χ0) is 13.9. The summed E-state index contributed by atoms with van der Waals surface area (Å²) in [5, 5.41) is 0.806. The summed E-state index contributed by atoms with van der Waals surface area (Å²) in [5.74, 6) is 0.430. The highest BCUT2D eigenvalue weighted by Crippen LogP contribution is 2.24. The van der Waals surface area contributed by atoms with Gasteiger partial charge in [0.05, 0.1) is 12.9 Å². The van der Waals surface area contributed by atoms with Crippen LogP contribution in [0.5, 0.6) is 5.75 Å². The average molecular weight is 274 g/mol. The number of hydrogen-bond acceptors (Lipinski definition) is 2. The molecule has 0 fully saturated rings. The zero-order valence-corrected chi connectivity index (χ0v) is 10.6. The Hall–Kier alpha value is -2.36. The van der Waals surface area contributed by atoms with Crippen molar-refractivity contribution in [2.75, 3.05) is 6.61 Å². The standard InChI is InChI=1S/C8H7FO.C8H5FO/c2*9-7-1-2-8-6(5-7)3-4-10-8/h1-2,5H,3-4H2;1-5H. The fraction of sp³-hybridized carbons (Fsp3) is 0.125. The highest BCUT2D eigenvalue weighted by Gasteiger charge is 2.11. The summed E-state index contributed by atoms with van der Waals surface area (Å²) in [6.07, 6.45) is 2.39. The van der Waals surface area contributed by atoms with Crippen molar-refractivity contribution in [1.82, 2.24) is 0 Å². The summed E-state index contributed by atoms with van der Waals surface area (Å²) in [4.78, 5) is 0. The molecular formula is C16H12F2O2. The number of rotatable bonds is 0. The van der Waals surface area contributed by atoms with Crippen LogP contribution in [0.4, 0.5) is 8.78 Å². The Balaban J connectivity index is 0.000000121. The second kappa shape index (κ2) is 5.33. The van der Waals surface area contributed by atoms with E-state index in [2.05, 4.69) is 0 Å². The van der Waals surface area contributed by atoms with Gasteiger partial charge in [0.25, 0.3) is 0 Å². The predicted octanol–water partition coefficient (Wildman–Crippen LogP) is 4.33. The molecule has 2 heterocycles. The van der Waals surface area contributed by atoms with Crippen molar-refractivity contribution < 1.29 is 17.9 Å². The van der Waals surface area contributed by atoms with Crippen molar-refractivity contribution in [1.29, 1.82) is 0 Å². The highest BCUT2D eigenvalue weighted by atomic mass is 19.1. The molecule has 0 aliphatic carbocycles. The Kier molecular flexibility index (Phi) is 3.37. The lowest BCUT2D eigenvalue weighted by molar-refractivity contribution is 0.356. The van der Waals surface area contributed by atoms with Gasteiger partial charge in [-0.15, -0.1) is 0 Å². The fourth-order valence-corrected chi connectivity index (χ4v) is 2.09. The Bertz CT molecular complexity index is 734. The van der Waals surface area contributed by atoms with Crippen LogP contribution in [0.2, 0.25) is 0 Å². The van der Waals surface area contributed by atoms with Crippen LogP contribution in [0.15, 0.2) is 53.1 Å². The van der Waals surface area contributed by atoms with E-state index in [-0.39, 0.29) is 11.6 Å². The van der Waals surface area contributed by atoms with Crippen LogP contribution in [-0.2, 0) is 6.42 Å². The molecule has 2 nitrogen and oxygen atoms in total. The molecule has 1 aliphatic heterocycles. The maximum atomic E-state index is 12.5. The van der Waals surface area contributed by atoms with E-state index >= 15 is 0 Å². The molecule has 0 saturated carbocycles. The van der Waals surface area contributed by atoms with Crippen molar-refractivity contribution >= 4 is 11.0 Å². The lowest BCUT2D eigenvalue weighted by atomic mass is 10.2. The second-order valence-corrected chi connectivity index (χ2v) is 4.45. The Labute approximate surface area is 114 Å². The third-order valence-electron chi connectivity index (χ3n) is 3.07. The van der Waals surface area contributed by atoms with Crippen LogP contribution in [-0.4, -0.2) is 6.61 Å². The molecule has 0 saturated heterocycles. The van der Waals surface area contributed by atoms with Gasteiger partial charge < -0.3 is 9.15 Å². The number of hydrogen-bond donors (Lipinski definition) is 0. The Morgan fingerprint density at radius 3 is 2.60 bits per heavy atom. The smallest absolute Gasteiger partial charge is 0.134 e. The summed E-state index contributed by atoms with van der Waals surface area (Å²) in [7, 11) is 0. The van der Waals surface area contributed by atoms with Gasteiger partial charge in [0.2, 0.25) is 0 Å².